The van der Waals surface area contributed by atoms with Crippen molar-refractivity contribution in [1.29, 1.82) is 0 Å². The Morgan fingerprint density at radius 3 is 2.57 bits per heavy atom. The molecule has 2 aromatic rings. The molecule has 1 heterocycles. The standard InChI is InChI=1S/C13H8ClF3N2O2/c14-11-5-7(3-4-18-11)12(21)19-9-6-8(13(15,16)17)1-2-10(9)20/h1-6,20H,(H,19,21). The van der Waals surface area contributed by atoms with E-state index in [1.807, 2.05) is 0 Å². The van der Waals surface area contributed by atoms with Gasteiger partial charge in [0.15, 0.2) is 0 Å². The number of anilines is 1. The maximum atomic E-state index is 12.6. The number of hydrogen-bond acceptors (Lipinski definition) is 3. The number of aromatic hydroxyl groups is 1. The number of halogens is 4. The molecule has 0 bridgehead atoms. The number of phenolic OH excluding ortho intramolecular Hbond substituents is 1. The molecule has 110 valence electrons. The smallest absolute Gasteiger partial charge is 0.416 e. The molecule has 8 heteroatoms. The second-order valence-electron chi connectivity index (χ2n) is 4.05. The number of nitrogens with one attached hydrogen (secondary N) is 1. The molecule has 0 spiro atoms. The van der Waals surface area contributed by atoms with Crippen LogP contribution in [0.1, 0.15) is 15.9 Å². The van der Waals surface area contributed by atoms with Crippen LogP contribution < -0.4 is 5.32 Å². The van der Waals surface area contributed by atoms with Gasteiger partial charge in [-0.1, -0.05) is 11.6 Å². The first kappa shape index (κ1) is 15.1. The van der Waals surface area contributed by atoms with Crippen LogP contribution in [0.4, 0.5) is 18.9 Å². The van der Waals surface area contributed by atoms with E-state index in [1.165, 1.54) is 18.3 Å². The van der Waals surface area contributed by atoms with Gasteiger partial charge in [0.1, 0.15) is 10.9 Å². The Hall–Kier alpha value is -2.28. The number of carbonyl (C=O) groups is 1. The normalized spacial score (nSPS) is 11.2. The lowest BCUT2D eigenvalue weighted by Crippen LogP contribution is -2.13. The van der Waals surface area contributed by atoms with Crippen LogP contribution in [0.15, 0.2) is 36.5 Å². The van der Waals surface area contributed by atoms with E-state index < -0.39 is 23.4 Å². The van der Waals surface area contributed by atoms with Gasteiger partial charge >= 0.3 is 6.18 Å². The van der Waals surface area contributed by atoms with Crippen LogP contribution in [0.25, 0.3) is 0 Å². The highest BCUT2D eigenvalue weighted by molar-refractivity contribution is 6.29. The van der Waals surface area contributed by atoms with Crippen LogP contribution in [-0.4, -0.2) is 16.0 Å². The predicted octanol–water partition coefficient (Wildman–Crippen LogP) is 3.71. The summed E-state index contributed by atoms with van der Waals surface area (Å²) in [6.45, 7) is 0. The van der Waals surface area contributed by atoms with Crippen molar-refractivity contribution >= 4 is 23.2 Å². The topological polar surface area (TPSA) is 62.2 Å². The average molecular weight is 317 g/mol. The largest absolute Gasteiger partial charge is 0.506 e. The molecule has 0 unspecified atom stereocenters. The molecular formula is C13H8ClF3N2O2. The van der Waals surface area contributed by atoms with Crippen LogP contribution >= 0.6 is 11.6 Å². The van der Waals surface area contributed by atoms with Gasteiger partial charge < -0.3 is 10.4 Å². The van der Waals surface area contributed by atoms with Gasteiger partial charge in [-0.3, -0.25) is 4.79 Å². The molecule has 0 aliphatic rings. The molecule has 0 fully saturated rings. The highest BCUT2D eigenvalue weighted by Gasteiger charge is 2.31. The quantitative estimate of drug-likeness (QED) is 0.656. The van der Waals surface area contributed by atoms with Gasteiger partial charge in [0.2, 0.25) is 0 Å². The Bertz CT molecular complexity index is 689. The van der Waals surface area contributed by atoms with Gasteiger partial charge in [-0.25, -0.2) is 4.98 Å². The second-order valence-corrected chi connectivity index (χ2v) is 4.44. The SMILES string of the molecule is O=C(Nc1cc(C(F)(F)F)ccc1O)c1ccnc(Cl)c1. The minimum Gasteiger partial charge on any atom is -0.506 e. The molecule has 0 atom stereocenters. The molecule has 2 rings (SSSR count). The van der Waals surface area contributed by atoms with E-state index >= 15 is 0 Å². The Morgan fingerprint density at radius 1 is 1.24 bits per heavy atom. The third-order valence-corrected chi connectivity index (χ3v) is 2.77. The van der Waals surface area contributed by atoms with Gasteiger partial charge in [0.25, 0.3) is 5.91 Å². The van der Waals surface area contributed by atoms with E-state index in [4.69, 9.17) is 11.6 Å². The fourth-order valence-electron chi connectivity index (χ4n) is 1.55. The van der Waals surface area contributed by atoms with E-state index in [-0.39, 0.29) is 16.4 Å². The highest BCUT2D eigenvalue weighted by atomic mass is 35.5. The van der Waals surface area contributed by atoms with E-state index in [2.05, 4.69) is 10.3 Å². The summed E-state index contributed by atoms with van der Waals surface area (Å²) in [4.78, 5) is 15.6. The summed E-state index contributed by atoms with van der Waals surface area (Å²) in [5.74, 6) is -1.19. The van der Waals surface area contributed by atoms with Crippen LogP contribution in [0.3, 0.4) is 0 Å². The van der Waals surface area contributed by atoms with Crippen molar-refractivity contribution in [2.24, 2.45) is 0 Å². The van der Waals surface area contributed by atoms with Gasteiger partial charge in [0, 0.05) is 11.8 Å². The van der Waals surface area contributed by atoms with Crippen molar-refractivity contribution < 1.29 is 23.1 Å². The van der Waals surface area contributed by atoms with Crippen molar-refractivity contribution in [2.45, 2.75) is 6.18 Å². The first-order chi connectivity index (χ1) is 9.77. The minimum absolute atomic E-state index is 0.0657. The summed E-state index contributed by atoms with van der Waals surface area (Å²) in [5, 5.41) is 11.8. The van der Waals surface area contributed by atoms with Crippen LogP contribution in [0, 0.1) is 0 Å². The molecule has 1 aromatic heterocycles. The average Bonchev–Trinajstić information content (AvgIpc) is 2.40. The summed E-state index contributed by atoms with van der Waals surface area (Å²) in [6.07, 6.45) is -3.30. The Labute approximate surface area is 122 Å². The molecule has 0 saturated heterocycles. The zero-order valence-corrected chi connectivity index (χ0v) is 11.0. The number of rotatable bonds is 2. The zero-order valence-electron chi connectivity index (χ0n) is 10.3. The number of amides is 1. The zero-order chi connectivity index (χ0) is 15.6. The van der Waals surface area contributed by atoms with E-state index in [0.29, 0.717) is 12.1 Å². The fraction of sp³-hybridized carbons (Fsp3) is 0.0769. The van der Waals surface area contributed by atoms with Crippen molar-refractivity contribution in [3.63, 3.8) is 0 Å². The second kappa shape index (κ2) is 5.61. The van der Waals surface area contributed by atoms with Crippen molar-refractivity contribution in [3.8, 4) is 5.75 Å². The number of phenols is 1. The van der Waals surface area contributed by atoms with E-state index in [1.54, 1.807) is 0 Å². The number of alkyl halides is 3. The molecule has 2 N–H and O–H groups in total. The Balaban J connectivity index is 2.29. The van der Waals surface area contributed by atoms with Crippen LogP contribution in [0.2, 0.25) is 5.15 Å². The van der Waals surface area contributed by atoms with Gasteiger partial charge in [-0.05, 0) is 30.3 Å². The fourth-order valence-corrected chi connectivity index (χ4v) is 1.72. The van der Waals surface area contributed by atoms with E-state index in [0.717, 1.165) is 6.07 Å². The van der Waals surface area contributed by atoms with Crippen molar-refractivity contribution in [1.82, 2.24) is 4.98 Å². The third-order valence-electron chi connectivity index (χ3n) is 2.56. The summed E-state index contributed by atoms with van der Waals surface area (Å²) in [6, 6.07) is 4.82. The number of nitrogens with zero attached hydrogens (tertiary/aromatic N) is 1. The number of carbonyl (C=O) groups excluding carboxylic acids is 1. The van der Waals surface area contributed by atoms with Crippen molar-refractivity contribution in [3.05, 3.63) is 52.8 Å². The molecular weight excluding hydrogens is 309 g/mol. The summed E-state index contributed by atoms with van der Waals surface area (Å²) in [5.41, 5.74) is -1.22. The predicted molar refractivity (Wildman–Crippen MR) is 70.3 cm³/mol. The first-order valence-corrected chi connectivity index (χ1v) is 5.98. The number of hydrogen-bond donors (Lipinski definition) is 2. The third kappa shape index (κ3) is 3.63. The van der Waals surface area contributed by atoms with Gasteiger partial charge in [0.05, 0.1) is 11.3 Å². The monoisotopic (exact) mass is 316 g/mol. The number of pyridine rings is 1. The lowest BCUT2D eigenvalue weighted by Gasteiger charge is -2.11. The molecule has 0 saturated carbocycles. The number of aromatic nitrogens is 1. The highest BCUT2D eigenvalue weighted by Crippen LogP contribution is 2.34. The number of benzene rings is 1. The first-order valence-electron chi connectivity index (χ1n) is 5.60. The molecule has 0 aliphatic carbocycles. The Kier molecular flexibility index (Phi) is 4.04. The summed E-state index contributed by atoms with van der Waals surface area (Å²) in [7, 11) is 0. The Morgan fingerprint density at radius 2 is 1.95 bits per heavy atom. The van der Waals surface area contributed by atoms with Crippen molar-refractivity contribution in [2.75, 3.05) is 5.32 Å². The lowest BCUT2D eigenvalue weighted by molar-refractivity contribution is -0.137. The minimum atomic E-state index is -4.58. The molecule has 1 amide bonds. The lowest BCUT2D eigenvalue weighted by atomic mass is 10.1. The molecule has 1 aromatic carbocycles. The molecule has 21 heavy (non-hydrogen) atoms. The maximum Gasteiger partial charge on any atom is 0.416 e. The summed E-state index contributed by atoms with van der Waals surface area (Å²) >= 11 is 5.62. The van der Waals surface area contributed by atoms with E-state index in [9.17, 15) is 23.1 Å². The van der Waals surface area contributed by atoms with Crippen LogP contribution in [0.5, 0.6) is 5.75 Å². The van der Waals surface area contributed by atoms with Gasteiger partial charge in [-0.15, -0.1) is 0 Å². The maximum absolute atomic E-state index is 12.6. The van der Waals surface area contributed by atoms with Gasteiger partial charge in [-0.2, -0.15) is 13.2 Å². The molecule has 0 radical (unpaired) electrons. The molecule has 4 nitrogen and oxygen atoms in total. The summed E-state index contributed by atoms with van der Waals surface area (Å²) < 4.78 is 37.8. The molecule has 0 aliphatic heterocycles. The van der Waals surface area contributed by atoms with Crippen LogP contribution in [-0.2, 0) is 6.18 Å².